The Bertz CT molecular complexity index is 1910. The molecule has 44 heavy (non-hydrogen) atoms. The summed E-state index contributed by atoms with van der Waals surface area (Å²) in [6.45, 7) is 1.79. The number of alkyl halides is 3. The number of fused-ring (bicyclic) bond motifs is 1. The number of ether oxygens (including phenoxy) is 2. The van der Waals surface area contributed by atoms with Gasteiger partial charge < -0.3 is 14.8 Å². The summed E-state index contributed by atoms with van der Waals surface area (Å²) in [5, 5.41) is 7.33. The number of carbonyl (C=O) groups is 1. The van der Waals surface area contributed by atoms with Crippen LogP contribution < -0.4 is 20.3 Å². The van der Waals surface area contributed by atoms with Crippen molar-refractivity contribution in [2.24, 2.45) is 5.10 Å². The second-order valence-corrected chi connectivity index (χ2v) is 10.2. The maximum absolute atomic E-state index is 13.5. The summed E-state index contributed by atoms with van der Waals surface area (Å²) in [4.78, 5) is 30.4. The van der Waals surface area contributed by atoms with Crippen molar-refractivity contribution in [2.75, 3.05) is 18.5 Å². The third-order valence-corrected chi connectivity index (χ3v) is 6.98. The number of amides is 1. The summed E-state index contributed by atoms with van der Waals surface area (Å²) in [5.74, 6) is 0.160. The van der Waals surface area contributed by atoms with Crippen LogP contribution in [-0.4, -0.2) is 35.0 Å². The van der Waals surface area contributed by atoms with Crippen molar-refractivity contribution in [2.45, 2.75) is 13.1 Å². The van der Waals surface area contributed by atoms with E-state index in [9.17, 15) is 22.8 Å². The highest BCUT2D eigenvalue weighted by molar-refractivity contribution is 9.10. The average molecular weight is 665 g/mol. The number of carbonyl (C=O) groups excluding carboxylic acids is 1. The molecule has 0 unspecified atom stereocenters. The second kappa shape index (κ2) is 13.1. The normalized spacial score (nSPS) is 11.6. The Balaban J connectivity index is 1.50. The predicted octanol–water partition coefficient (Wildman–Crippen LogP) is 7.14. The van der Waals surface area contributed by atoms with Crippen molar-refractivity contribution < 1.29 is 27.4 Å². The van der Waals surface area contributed by atoms with Gasteiger partial charge in [0.1, 0.15) is 0 Å². The van der Waals surface area contributed by atoms with Crippen molar-refractivity contribution in [1.82, 2.24) is 9.66 Å². The number of hydrogen-bond acceptors (Lipinski definition) is 6. The zero-order valence-corrected chi connectivity index (χ0v) is 24.7. The Kier molecular flexibility index (Phi) is 9.09. The van der Waals surface area contributed by atoms with Gasteiger partial charge in [-0.2, -0.15) is 22.9 Å². The molecule has 1 heterocycles. The summed E-state index contributed by atoms with van der Waals surface area (Å²) < 4.78 is 53.4. The van der Waals surface area contributed by atoms with Crippen LogP contribution in [-0.2, 0) is 11.0 Å². The van der Waals surface area contributed by atoms with Crippen LogP contribution in [0.15, 0.2) is 105 Å². The van der Waals surface area contributed by atoms with Gasteiger partial charge in [-0.15, -0.1) is 0 Å². The zero-order valence-electron chi connectivity index (χ0n) is 23.1. The lowest BCUT2D eigenvalue weighted by Gasteiger charge is -2.14. The number of aromatic nitrogens is 2. The molecule has 0 saturated heterocycles. The fraction of sp³-hybridized carbons (Fsp3) is 0.125. The van der Waals surface area contributed by atoms with E-state index in [0.29, 0.717) is 33.6 Å². The van der Waals surface area contributed by atoms with Crippen molar-refractivity contribution in [3.8, 4) is 22.9 Å². The smallest absolute Gasteiger partial charge is 0.416 e. The van der Waals surface area contributed by atoms with Gasteiger partial charge in [0.2, 0.25) is 0 Å². The highest BCUT2D eigenvalue weighted by atomic mass is 79.9. The van der Waals surface area contributed by atoms with Gasteiger partial charge in [-0.25, -0.2) is 4.98 Å². The van der Waals surface area contributed by atoms with Gasteiger partial charge in [0.15, 0.2) is 23.9 Å². The molecule has 4 aromatic carbocycles. The van der Waals surface area contributed by atoms with E-state index in [1.807, 2.05) is 6.07 Å². The third kappa shape index (κ3) is 6.97. The minimum Gasteiger partial charge on any atom is -0.490 e. The van der Waals surface area contributed by atoms with Gasteiger partial charge in [0, 0.05) is 21.3 Å². The monoisotopic (exact) mass is 664 g/mol. The average Bonchev–Trinajstić information content (AvgIpc) is 3.01. The van der Waals surface area contributed by atoms with Gasteiger partial charge in [-0.05, 0) is 71.4 Å². The maximum atomic E-state index is 13.5. The molecule has 8 nitrogen and oxygen atoms in total. The molecule has 5 rings (SSSR count). The van der Waals surface area contributed by atoms with Crippen molar-refractivity contribution in [3.05, 3.63) is 117 Å². The summed E-state index contributed by atoms with van der Waals surface area (Å²) >= 11 is 3.46. The lowest BCUT2D eigenvalue weighted by atomic mass is 10.1. The van der Waals surface area contributed by atoms with Gasteiger partial charge in [0.05, 0.1) is 29.3 Å². The number of anilines is 1. The molecule has 0 bridgehead atoms. The molecular formula is C32H24BrF3N4O4. The first-order valence-corrected chi connectivity index (χ1v) is 14.1. The molecule has 224 valence electrons. The molecule has 0 atom stereocenters. The number of nitrogens with one attached hydrogen (secondary N) is 1. The molecule has 0 radical (unpaired) electrons. The fourth-order valence-corrected chi connectivity index (χ4v) is 4.69. The van der Waals surface area contributed by atoms with Gasteiger partial charge in [-0.1, -0.05) is 42.5 Å². The summed E-state index contributed by atoms with van der Waals surface area (Å²) in [6.07, 6.45) is -3.23. The van der Waals surface area contributed by atoms with E-state index in [0.717, 1.165) is 16.8 Å². The van der Waals surface area contributed by atoms with Crippen molar-refractivity contribution >= 4 is 44.6 Å². The highest BCUT2D eigenvalue weighted by Crippen LogP contribution is 2.34. The Labute approximate surface area is 257 Å². The van der Waals surface area contributed by atoms with Crippen LogP contribution >= 0.6 is 15.9 Å². The van der Waals surface area contributed by atoms with Gasteiger partial charge in [0.25, 0.3) is 11.5 Å². The van der Waals surface area contributed by atoms with E-state index in [1.54, 1.807) is 67.6 Å². The molecule has 0 saturated carbocycles. The summed E-state index contributed by atoms with van der Waals surface area (Å²) in [7, 11) is 0. The minimum atomic E-state index is -4.59. The van der Waals surface area contributed by atoms with E-state index in [-0.39, 0.29) is 35.0 Å². The maximum Gasteiger partial charge on any atom is 0.416 e. The molecule has 5 aromatic rings. The zero-order chi connectivity index (χ0) is 31.3. The summed E-state index contributed by atoms with van der Waals surface area (Å²) in [5.41, 5.74) is 0.0154. The number of rotatable bonds is 9. The molecule has 1 aromatic heterocycles. The Morgan fingerprint density at radius 1 is 0.977 bits per heavy atom. The lowest BCUT2D eigenvalue weighted by Crippen LogP contribution is -2.21. The SMILES string of the molecule is CCOc1cc(C=Nn2c(-c3cccc(C(F)(F)F)c3)nc3ccccc3c2=O)c(Br)cc1OCC(=O)Nc1ccccc1. The topological polar surface area (TPSA) is 94.8 Å². The third-order valence-electron chi connectivity index (χ3n) is 6.29. The lowest BCUT2D eigenvalue weighted by molar-refractivity contribution is -0.137. The van der Waals surface area contributed by atoms with E-state index in [1.165, 1.54) is 18.3 Å². The first kappa shape index (κ1) is 30.5. The molecule has 12 heteroatoms. The van der Waals surface area contributed by atoms with Crippen LogP contribution in [0.25, 0.3) is 22.3 Å². The van der Waals surface area contributed by atoms with Crippen LogP contribution in [0.5, 0.6) is 11.5 Å². The minimum absolute atomic E-state index is 0.0615. The molecule has 0 aliphatic heterocycles. The number of para-hydroxylation sites is 2. The second-order valence-electron chi connectivity index (χ2n) is 9.35. The van der Waals surface area contributed by atoms with Crippen molar-refractivity contribution in [3.63, 3.8) is 0 Å². The van der Waals surface area contributed by atoms with Crippen LogP contribution in [0.3, 0.4) is 0 Å². The molecule has 1 N–H and O–H groups in total. The first-order chi connectivity index (χ1) is 21.1. The van der Waals surface area contributed by atoms with E-state index >= 15 is 0 Å². The van der Waals surface area contributed by atoms with Gasteiger partial charge >= 0.3 is 6.18 Å². The van der Waals surface area contributed by atoms with E-state index < -0.39 is 17.3 Å². The number of benzene rings is 4. The van der Waals surface area contributed by atoms with Crippen LogP contribution in [0.1, 0.15) is 18.1 Å². The Morgan fingerprint density at radius 2 is 1.70 bits per heavy atom. The number of halogens is 4. The van der Waals surface area contributed by atoms with E-state index in [2.05, 4.69) is 31.3 Å². The number of hydrogen-bond donors (Lipinski definition) is 1. The molecule has 0 aliphatic rings. The first-order valence-electron chi connectivity index (χ1n) is 13.3. The highest BCUT2D eigenvalue weighted by Gasteiger charge is 2.31. The molecule has 1 amide bonds. The quantitative estimate of drug-likeness (QED) is 0.169. The van der Waals surface area contributed by atoms with Gasteiger partial charge in [-0.3, -0.25) is 9.59 Å². The van der Waals surface area contributed by atoms with Crippen molar-refractivity contribution in [1.29, 1.82) is 0 Å². The summed E-state index contributed by atoms with van der Waals surface area (Å²) in [6, 6.07) is 23.2. The Morgan fingerprint density at radius 3 is 2.45 bits per heavy atom. The molecule has 0 fully saturated rings. The molecular weight excluding hydrogens is 641 g/mol. The number of nitrogens with zero attached hydrogens (tertiary/aromatic N) is 3. The van der Waals surface area contributed by atoms with Crippen LogP contribution in [0.4, 0.5) is 18.9 Å². The molecule has 0 aliphatic carbocycles. The fourth-order valence-electron chi connectivity index (χ4n) is 4.26. The standard InChI is InChI=1S/C32H24BrF3N4O4/c1-2-43-27-16-21(25(33)17-28(27)44-19-29(41)38-23-11-4-3-5-12-23)18-37-40-30(20-9-8-10-22(15-20)32(34,35)36)39-26-14-7-6-13-24(26)31(40)42/h3-18H,2,19H2,1H3,(H,38,41). The Hall–Kier alpha value is -4.97. The van der Waals surface area contributed by atoms with Crippen LogP contribution in [0, 0.1) is 0 Å². The predicted molar refractivity (Wildman–Crippen MR) is 165 cm³/mol. The van der Waals surface area contributed by atoms with E-state index in [4.69, 9.17) is 9.47 Å². The van der Waals surface area contributed by atoms with Crippen LogP contribution in [0.2, 0.25) is 0 Å². The largest absolute Gasteiger partial charge is 0.490 e. The molecule has 0 spiro atoms.